The summed E-state index contributed by atoms with van der Waals surface area (Å²) in [5.74, 6) is -0.231. The molecule has 1 aliphatic heterocycles. The molecule has 1 fully saturated rings. The fraction of sp³-hybridized carbons (Fsp3) is 0.364. The lowest BCUT2D eigenvalue weighted by Crippen LogP contribution is -2.35. The number of nitrogens with one attached hydrogen (secondary N) is 2. The highest BCUT2D eigenvalue weighted by atomic mass is 35.5. The third-order valence-corrected chi connectivity index (χ3v) is 4.14. The minimum atomic E-state index is -3.82. The van der Waals surface area contributed by atoms with E-state index >= 15 is 0 Å². The topological polar surface area (TPSA) is 101 Å². The number of amides is 1. The Labute approximate surface area is 116 Å². The first-order chi connectivity index (χ1) is 8.88. The Morgan fingerprint density at radius 2 is 2.21 bits per heavy atom. The maximum atomic E-state index is 11.9. The Balaban J connectivity index is 2.22. The number of nitrogens with two attached hydrogens (primary N) is 1. The summed E-state index contributed by atoms with van der Waals surface area (Å²) >= 11 is 5.93. The first-order valence-electron chi connectivity index (χ1n) is 5.74. The van der Waals surface area contributed by atoms with E-state index < -0.39 is 10.0 Å². The van der Waals surface area contributed by atoms with E-state index in [1.807, 2.05) is 0 Å². The van der Waals surface area contributed by atoms with Gasteiger partial charge < -0.3 is 10.6 Å². The van der Waals surface area contributed by atoms with Crippen molar-refractivity contribution in [1.82, 2.24) is 5.32 Å². The van der Waals surface area contributed by atoms with E-state index in [4.69, 9.17) is 16.7 Å². The van der Waals surface area contributed by atoms with Gasteiger partial charge in [-0.15, -0.1) is 0 Å². The van der Waals surface area contributed by atoms with Gasteiger partial charge in [0.25, 0.3) is 0 Å². The summed E-state index contributed by atoms with van der Waals surface area (Å²) in [6, 6.07) is 3.67. The number of anilines is 1. The Kier molecular flexibility index (Phi) is 4.10. The normalized spacial score (nSPS) is 19.4. The quantitative estimate of drug-likeness (QED) is 0.764. The number of halogens is 1. The summed E-state index contributed by atoms with van der Waals surface area (Å²) in [5.41, 5.74) is 0.242. The van der Waals surface area contributed by atoms with Crippen LogP contribution in [0.5, 0.6) is 0 Å². The molecule has 1 atom stereocenters. The molecular weight excluding hydrogens is 290 g/mol. The highest BCUT2D eigenvalue weighted by Crippen LogP contribution is 2.25. The van der Waals surface area contributed by atoms with Crippen LogP contribution < -0.4 is 15.8 Å². The van der Waals surface area contributed by atoms with Crippen molar-refractivity contribution in [1.29, 1.82) is 0 Å². The molecule has 19 heavy (non-hydrogen) atoms. The zero-order valence-corrected chi connectivity index (χ0v) is 11.6. The summed E-state index contributed by atoms with van der Waals surface area (Å²) in [6.45, 7) is 0.795. The Morgan fingerprint density at radius 1 is 1.47 bits per heavy atom. The summed E-state index contributed by atoms with van der Waals surface area (Å²) in [4.78, 5) is 11.8. The second-order valence-electron chi connectivity index (χ2n) is 4.32. The molecule has 0 unspecified atom stereocenters. The largest absolute Gasteiger partial charge is 0.323 e. The molecule has 0 aliphatic carbocycles. The van der Waals surface area contributed by atoms with Gasteiger partial charge >= 0.3 is 0 Å². The summed E-state index contributed by atoms with van der Waals surface area (Å²) < 4.78 is 22.5. The Bertz CT molecular complexity index is 597. The number of primary sulfonamides is 1. The van der Waals surface area contributed by atoms with E-state index in [2.05, 4.69) is 10.6 Å². The molecule has 0 aromatic heterocycles. The van der Waals surface area contributed by atoms with Crippen LogP contribution in [0.3, 0.4) is 0 Å². The minimum absolute atomic E-state index is 0.0911. The van der Waals surface area contributed by atoms with E-state index in [-0.39, 0.29) is 27.6 Å². The van der Waals surface area contributed by atoms with E-state index in [0.717, 1.165) is 19.4 Å². The van der Waals surface area contributed by atoms with Crippen molar-refractivity contribution in [2.24, 2.45) is 5.14 Å². The second-order valence-corrected chi connectivity index (χ2v) is 6.29. The molecule has 1 aromatic carbocycles. The minimum Gasteiger partial charge on any atom is -0.323 e. The molecule has 0 spiro atoms. The van der Waals surface area contributed by atoms with Gasteiger partial charge in [-0.25, -0.2) is 13.6 Å². The van der Waals surface area contributed by atoms with E-state index in [1.165, 1.54) is 18.2 Å². The number of hydrogen-bond donors (Lipinski definition) is 3. The monoisotopic (exact) mass is 303 g/mol. The van der Waals surface area contributed by atoms with Crippen LogP contribution in [0.25, 0.3) is 0 Å². The number of hydrogen-bond acceptors (Lipinski definition) is 4. The van der Waals surface area contributed by atoms with Crippen molar-refractivity contribution in [3.63, 3.8) is 0 Å². The van der Waals surface area contributed by atoms with Gasteiger partial charge in [0, 0.05) is 0 Å². The van der Waals surface area contributed by atoms with Crippen LogP contribution in [-0.4, -0.2) is 26.9 Å². The molecule has 1 amide bonds. The van der Waals surface area contributed by atoms with Crippen molar-refractivity contribution < 1.29 is 13.2 Å². The molecule has 8 heteroatoms. The first kappa shape index (κ1) is 14.3. The van der Waals surface area contributed by atoms with Crippen LogP contribution in [0.4, 0.5) is 5.69 Å². The lowest BCUT2D eigenvalue weighted by atomic mass is 10.2. The molecule has 6 nitrogen and oxygen atoms in total. The number of carbonyl (C=O) groups is 1. The predicted octanol–water partition coefficient (Wildman–Crippen LogP) is 0.678. The van der Waals surface area contributed by atoms with E-state index in [9.17, 15) is 13.2 Å². The van der Waals surface area contributed by atoms with Crippen LogP contribution in [0, 0.1) is 0 Å². The summed E-state index contributed by atoms with van der Waals surface area (Å²) in [5, 5.41) is 10.9. The van der Waals surface area contributed by atoms with Crippen molar-refractivity contribution in [3.8, 4) is 0 Å². The van der Waals surface area contributed by atoms with Crippen molar-refractivity contribution in [3.05, 3.63) is 23.2 Å². The van der Waals surface area contributed by atoms with E-state index in [0.29, 0.717) is 0 Å². The zero-order valence-electron chi connectivity index (χ0n) is 10.0. The van der Waals surface area contributed by atoms with Crippen LogP contribution in [0.15, 0.2) is 23.1 Å². The molecule has 1 aliphatic rings. The lowest BCUT2D eigenvalue weighted by Gasteiger charge is -2.13. The van der Waals surface area contributed by atoms with Gasteiger partial charge in [-0.2, -0.15) is 0 Å². The van der Waals surface area contributed by atoms with Crippen LogP contribution >= 0.6 is 11.6 Å². The van der Waals surface area contributed by atoms with Gasteiger partial charge in [0.1, 0.15) is 0 Å². The number of rotatable bonds is 3. The molecule has 1 aromatic rings. The maximum absolute atomic E-state index is 11.9. The fourth-order valence-electron chi connectivity index (χ4n) is 1.91. The van der Waals surface area contributed by atoms with Crippen molar-refractivity contribution >= 4 is 33.2 Å². The third-order valence-electron chi connectivity index (χ3n) is 2.90. The smallest absolute Gasteiger partial charge is 0.241 e. The van der Waals surface area contributed by atoms with Gasteiger partial charge in [-0.1, -0.05) is 11.6 Å². The molecule has 0 saturated carbocycles. The number of sulfonamides is 1. The molecule has 2 rings (SSSR count). The Morgan fingerprint density at radius 3 is 2.79 bits per heavy atom. The van der Waals surface area contributed by atoms with Crippen LogP contribution in [0.1, 0.15) is 12.8 Å². The summed E-state index contributed by atoms with van der Waals surface area (Å²) in [7, 11) is -3.82. The van der Waals surface area contributed by atoms with Gasteiger partial charge in [-0.05, 0) is 37.6 Å². The van der Waals surface area contributed by atoms with Gasteiger partial charge in [0.05, 0.1) is 21.6 Å². The molecule has 0 radical (unpaired) electrons. The number of benzene rings is 1. The highest BCUT2D eigenvalue weighted by Gasteiger charge is 2.23. The lowest BCUT2D eigenvalue weighted by molar-refractivity contribution is -0.117. The maximum Gasteiger partial charge on any atom is 0.241 e. The molecule has 4 N–H and O–H groups in total. The SMILES string of the molecule is NS(=O)(=O)c1ccc(Cl)c(NC(=O)[C@H]2CCCN2)c1. The van der Waals surface area contributed by atoms with E-state index in [1.54, 1.807) is 0 Å². The average Bonchev–Trinajstić information content (AvgIpc) is 2.84. The average molecular weight is 304 g/mol. The van der Waals surface area contributed by atoms with Gasteiger partial charge in [0.15, 0.2) is 0 Å². The molecule has 104 valence electrons. The molecule has 0 bridgehead atoms. The third kappa shape index (κ3) is 3.44. The van der Waals surface area contributed by atoms with Gasteiger partial charge in [0.2, 0.25) is 15.9 Å². The number of carbonyl (C=O) groups excluding carboxylic acids is 1. The molecule has 1 saturated heterocycles. The summed E-state index contributed by atoms with van der Waals surface area (Å²) in [6.07, 6.45) is 1.68. The predicted molar refractivity (Wildman–Crippen MR) is 72.5 cm³/mol. The Hall–Kier alpha value is -1.15. The highest BCUT2D eigenvalue weighted by molar-refractivity contribution is 7.89. The second kappa shape index (κ2) is 5.46. The van der Waals surface area contributed by atoms with Gasteiger partial charge in [-0.3, -0.25) is 4.79 Å². The zero-order chi connectivity index (χ0) is 14.0. The van der Waals surface area contributed by atoms with Crippen LogP contribution in [0.2, 0.25) is 5.02 Å². The molecular formula is C11H14ClN3O3S. The first-order valence-corrected chi connectivity index (χ1v) is 7.67. The fourth-order valence-corrected chi connectivity index (χ4v) is 2.61. The van der Waals surface area contributed by atoms with Crippen molar-refractivity contribution in [2.75, 3.05) is 11.9 Å². The standard InChI is InChI=1S/C11H14ClN3O3S/c12-8-4-3-7(19(13,17)18)6-10(8)15-11(16)9-2-1-5-14-9/h3-4,6,9,14H,1-2,5H2,(H,15,16)(H2,13,17,18)/t9-/m1/s1. The van der Waals surface area contributed by atoms with Crippen LogP contribution in [-0.2, 0) is 14.8 Å². The molecule has 1 heterocycles. The van der Waals surface area contributed by atoms with Crippen molar-refractivity contribution in [2.45, 2.75) is 23.8 Å².